The van der Waals surface area contributed by atoms with Gasteiger partial charge in [0, 0.05) is 19.0 Å². The molecular formula is C14H20BrNO3. The van der Waals surface area contributed by atoms with Crippen molar-refractivity contribution in [1.82, 2.24) is 4.90 Å². The number of hydrogen-bond donors (Lipinski definition) is 2. The third-order valence-electron chi connectivity index (χ3n) is 3.76. The Hall–Kier alpha value is -0.780. The Morgan fingerprint density at radius 3 is 2.89 bits per heavy atom. The summed E-state index contributed by atoms with van der Waals surface area (Å²) in [5.41, 5.74) is 0.998. The number of likely N-dealkylation sites (tertiary alicyclic amines) is 1. The monoisotopic (exact) mass is 329 g/mol. The van der Waals surface area contributed by atoms with Gasteiger partial charge in [0.15, 0.2) is 11.5 Å². The molecule has 0 aliphatic carbocycles. The number of piperidine rings is 1. The Morgan fingerprint density at radius 2 is 2.21 bits per heavy atom. The average Bonchev–Trinajstić information content (AvgIpc) is 2.39. The van der Waals surface area contributed by atoms with Gasteiger partial charge in [0.2, 0.25) is 0 Å². The molecule has 1 saturated heterocycles. The molecule has 1 heterocycles. The fraction of sp³-hybridized carbons (Fsp3) is 0.571. The number of nitrogens with zero attached hydrogens (tertiary/aromatic N) is 1. The van der Waals surface area contributed by atoms with Gasteiger partial charge in [0.25, 0.3) is 0 Å². The van der Waals surface area contributed by atoms with Crippen LogP contribution in [0.25, 0.3) is 0 Å². The van der Waals surface area contributed by atoms with Crippen molar-refractivity contribution in [2.75, 3.05) is 27.2 Å². The van der Waals surface area contributed by atoms with Crippen molar-refractivity contribution in [2.45, 2.75) is 18.9 Å². The highest BCUT2D eigenvalue weighted by molar-refractivity contribution is 9.10. The molecule has 2 N–H and O–H groups in total. The Labute approximate surface area is 122 Å². The molecule has 19 heavy (non-hydrogen) atoms. The van der Waals surface area contributed by atoms with Crippen LogP contribution in [0.3, 0.4) is 0 Å². The first-order chi connectivity index (χ1) is 9.02. The summed E-state index contributed by atoms with van der Waals surface area (Å²) in [6.07, 6.45) is 1.28. The standard InChI is InChI=1S/C14H20BrNO3/c1-16-6-5-11(17)10(8-16)7-9-3-4-12(19-2)14(18)13(9)15/h3-4,10-11,17-18H,5-8H2,1-2H3. The minimum absolute atomic E-state index is 0.124. The predicted octanol–water partition coefficient (Wildman–Crippen LogP) is 2.02. The third kappa shape index (κ3) is 3.22. The van der Waals surface area contributed by atoms with Gasteiger partial charge in [-0.1, -0.05) is 6.07 Å². The quantitative estimate of drug-likeness (QED) is 0.890. The summed E-state index contributed by atoms with van der Waals surface area (Å²) < 4.78 is 5.73. The number of ether oxygens (including phenoxy) is 1. The van der Waals surface area contributed by atoms with E-state index in [0.717, 1.165) is 31.5 Å². The van der Waals surface area contributed by atoms with E-state index in [4.69, 9.17) is 4.74 Å². The van der Waals surface area contributed by atoms with E-state index < -0.39 is 0 Å². The SMILES string of the molecule is COc1ccc(CC2CN(C)CCC2O)c(Br)c1O. The lowest BCUT2D eigenvalue weighted by molar-refractivity contribution is 0.0365. The lowest BCUT2D eigenvalue weighted by atomic mass is 9.89. The zero-order valence-electron chi connectivity index (χ0n) is 11.3. The Balaban J connectivity index is 2.16. The molecule has 1 aliphatic heterocycles. The maximum Gasteiger partial charge on any atom is 0.172 e. The lowest BCUT2D eigenvalue weighted by Crippen LogP contribution is -2.42. The van der Waals surface area contributed by atoms with Gasteiger partial charge in [0.1, 0.15) is 0 Å². The summed E-state index contributed by atoms with van der Waals surface area (Å²) in [6.45, 7) is 1.81. The zero-order valence-corrected chi connectivity index (χ0v) is 12.9. The second-order valence-electron chi connectivity index (χ2n) is 5.17. The maximum atomic E-state index is 10.1. The number of benzene rings is 1. The van der Waals surface area contributed by atoms with Crippen LogP contribution in [0, 0.1) is 5.92 Å². The first kappa shape index (κ1) is 14.6. The number of phenols is 1. The first-order valence-electron chi connectivity index (χ1n) is 6.44. The van der Waals surface area contributed by atoms with Crippen molar-refractivity contribution < 1.29 is 14.9 Å². The topological polar surface area (TPSA) is 52.9 Å². The number of aliphatic hydroxyl groups is 1. The summed E-state index contributed by atoms with van der Waals surface area (Å²) in [7, 11) is 3.60. The van der Waals surface area contributed by atoms with Gasteiger partial charge in [-0.3, -0.25) is 0 Å². The first-order valence-corrected chi connectivity index (χ1v) is 7.23. The van der Waals surface area contributed by atoms with Crippen molar-refractivity contribution >= 4 is 15.9 Å². The van der Waals surface area contributed by atoms with Crippen molar-refractivity contribution in [3.05, 3.63) is 22.2 Å². The summed E-state index contributed by atoms with van der Waals surface area (Å²) in [5, 5.41) is 20.1. The molecule has 0 aromatic heterocycles. The highest BCUT2D eigenvalue weighted by atomic mass is 79.9. The largest absolute Gasteiger partial charge is 0.503 e. The summed E-state index contributed by atoms with van der Waals surface area (Å²) in [4.78, 5) is 2.23. The van der Waals surface area contributed by atoms with Gasteiger partial charge in [-0.15, -0.1) is 0 Å². The number of rotatable bonds is 3. The van der Waals surface area contributed by atoms with Crippen LogP contribution in [0.15, 0.2) is 16.6 Å². The number of hydrogen-bond acceptors (Lipinski definition) is 4. The number of aliphatic hydroxyl groups excluding tert-OH is 1. The molecule has 0 spiro atoms. The predicted molar refractivity (Wildman–Crippen MR) is 77.7 cm³/mol. The van der Waals surface area contributed by atoms with E-state index >= 15 is 0 Å². The smallest absolute Gasteiger partial charge is 0.172 e. The van der Waals surface area contributed by atoms with Gasteiger partial charge >= 0.3 is 0 Å². The molecule has 2 unspecified atom stereocenters. The van der Waals surface area contributed by atoms with Gasteiger partial charge in [-0.05, 0) is 47.4 Å². The molecule has 0 radical (unpaired) electrons. The van der Waals surface area contributed by atoms with Gasteiger partial charge in [-0.25, -0.2) is 0 Å². The Morgan fingerprint density at radius 1 is 1.47 bits per heavy atom. The van der Waals surface area contributed by atoms with Crippen molar-refractivity contribution in [1.29, 1.82) is 0 Å². The lowest BCUT2D eigenvalue weighted by Gasteiger charge is -2.34. The molecule has 1 aromatic carbocycles. The summed E-state index contributed by atoms with van der Waals surface area (Å²) in [5.74, 6) is 0.776. The van der Waals surface area contributed by atoms with E-state index in [0.29, 0.717) is 10.2 Å². The molecule has 4 nitrogen and oxygen atoms in total. The van der Waals surface area contributed by atoms with E-state index in [2.05, 4.69) is 27.9 Å². The van der Waals surface area contributed by atoms with E-state index in [-0.39, 0.29) is 17.8 Å². The molecule has 2 atom stereocenters. The van der Waals surface area contributed by atoms with Crippen LogP contribution in [-0.2, 0) is 6.42 Å². The number of phenolic OH excluding ortho intramolecular Hbond substituents is 1. The van der Waals surface area contributed by atoms with Crippen LogP contribution >= 0.6 is 15.9 Å². The molecule has 1 aromatic rings. The van der Waals surface area contributed by atoms with Gasteiger partial charge < -0.3 is 19.8 Å². The zero-order chi connectivity index (χ0) is 14.0. The molecule has 1 aliphatic rings. The highest BCUT2D eigenvalue weighted by Gasteiger charge is 2.27. The molecule has 0 bridgehead atoms. The third-order valence-corrected chi connectivity index (χ3v) is 4.64. The fourth-order valence-corrected chi connectivity index (χ4v) is 3.09. The summed E-state index contributed by atoms with van der Waals surface area (Å²) in [6, 6.07) is 3.69. The number of halogens is 1. The van der Waals surface area contributed by atoms with Crippen molar-refractivity contribution in [2.24, 2.45) is 5.92 Å². The maximum absolute atomic E-state index is 10.1. The van der Waals surface area contributed by atoms with Crippen LogP contribution in [0.5, 0.6) is 11.5 Å². The Bertz CT molecular complexity index is 453. The van der Waals surface area contributed by atoms with E-state index in [1.54, 1.807) is 6.07 Å². The minimum atomic E-state index is -0.271. The molecular weight excluding hydrogens is 310 g/mol. The molecule has 106 valence electrons. The van der Waals surface area contributed by atoms with Crippen LogP contribution < -0.4 is 4.74 Å². The molecule has 1 fully saturated rings. The van der Waals surface area contributed by atoms with Crippen LogP contribution in [0.4, 0.5) is 0 Å². The van der Waals surface area contributed by atoms with Crippen LogP contribution in [-0.4, -0.2) is 48.5 Å². The van der Waals surface area contributed by atoms with Gasteiger partial charge in [0.05, 0.1) is 17.7 Å². The normalized spacial score (nSPS) is 24.4. The van der Waals surface area contributed by atoms with Crippen LogP contribution in [0.2, 0.25) is 0 Å². The second-order valence-corrected chi connectivity index (χ2v) is 5.97. The highest BCUT2D eigenvalue weighted by Crippen LogP contribution is 2.38. The molecule has 5 heteroatoms. The molecule has 0 saturated carbocycles. The van der Waals surface area contributed by atoms with Crippen molar-refractivity contribution in [3.63, 3.8) is 0 Å². The van der Waals surface area contributed by atoms with E-state index in [1.165, 1.54) is 7.11 Å². The van der Waals surface area contributed by atoms with E-state index in [9.17, 15) is 10.2 Å². The fourth-order valence-electron chi connectivity index (χ4n) is 2.60. The molecule has 2 rings (SSSR count). The number of aromatic hydroxyl groups is 1. The van der Waals surface area contributed by atoms with Crippen molar-refractivity contribution in [3.8, 4) is 11.5 Å². The second kappa shape index (κ2) is 6.11. The van der Waals surface area contributed by atoms with E-state index in [1.807, 2.05) is 6.07 Å². The van der Waals surface area contributed by atoms with Crippen LogP contribution in [0.1, 0.15) is 12.0 Å². The average molecular weight is 330 g/mol. The summed E-state index contributed by atoms with van der Waals surface area (Å²) >= 11 is 3.41. The van der Waals surface area contributed by atoms with Gasteiger partial charge in [-0.2, -0.15) is 0 Å². The number of methoxy groups -OCH3 is 1. The Kier molecular flexibility index (Phi) is 4.71. The molecule has 0 amide bonds. The minimum Gasteiger partial charge on any atom is -0.503 e.